The largest absolute Gasteiger partial charge is 0.507 e. The Balaban J connectivity index is 1.57. The van der Waals surface area contributed by atoms with Crippen molar-refractivity contribution >= 4 is 73.2 Å². The van der Waals surface area contributed by atoms with E-state index in [1.54, 1.807) is 42.5 Å². The van der Waals surface area contributed by atoms with Crippen LogP contribution < -0.4 is 14.4 Å². The summed E-state index contributed by atoms with van der Waals surface area (Å²) in [5, 5.41) is 20.8. The Morgan fingerprint density at radius 3 is 2.49 bits per heavy atom. The summed E-state index contributed by atoms with van der Waals surface area (Å²) in [5.41, 5.74) is 1.92. The smallest absolute Gasteiger partial charge is 0.301 e. The monoisotopic (exact) mass is 671 g/mol. The SMILES string of the molecule is CCOc1ccc(C2/C(=C(/O)c3ccc(Br)cc3)C(=O)C(=O)N2c2nnc(SCc3ccc(Cl)cc3)s2)cc1OC. The Morgan fingerprint density at radius 2 is 1.80 bits per heavy atom. The van der Waals surface area contributed by atoms with Crippen LogP contribution in [0.4, 0.5) is 5.13 Å². The van der Waals surface area contributed by atoms with Gasteiger partial charge in [-0.25, -0.2) is 0 Å². The molecule has 1 N–H and O–H groups in total. The van der Waals surface area contributed by atoms with Gasteiger partial charge in [0.2, 0.25) is 5.13 Å². The van der Waals surface area contributed by atoms with Crippen LogP contribution in [0.2, 0.25) is 5.02 Å². The summed E-state index contributed by atoms with van der Waals surface area (Å²) in [7, 11) is 1.51. The summed E-state index contributed by atoms with van der Waals surface area (Å²) in [4.78, 5) is 28.3. The number of amides is 1. The number of carbonyl (C=O) groups is 2. The number of anilines is 1. The fraction of sp³-hybridized carbons (Fsp3) is 0.172. The number of methoxy groups -OCH3 is 1. The molecule has 41 heavy (non-hydrogen) atoms. The van der Waals surface area contributed by atoms with Crippen molar-refractivity contribution in [2.45, 2.75) is 23.1 Å². The number of halogens is 2. The van der Waals surface area contributed by atoms with Gasteiger partial charge < -0.3 is 14.6 Å². The van der Waals surface area contributed by atoms with Gasteiger partial charge in [0.05, 0.1) is 25.3 Å². The molecule has 1 aliphatic heterocycles. The number of nitrogens with zero attached hydrogens (tertiary/aromatic N) is 3. The zero-order chi connectivity index (χ0) is 29.1. The molecule has 0 saturated carbocycles. The molecule has 1 amide bonds. The van der Waals surface area contributed by atoms with E-state index >= 15 is 0 Å². The quantitative estimate of drug-likeness (QED) is 0.0651. The fourth-order valence-corrected chi connectivity index (χ4v) is 6.54. The van der Waals surface area contributed by atoms with Gasteiger partial charge in [-0.1, -0.05) is 81.0 Å². The van der Waals surface area contributed by atoms with Crippen molar-refractivity contribution < 1.29 is 24.2 Å². The molecular weight excluding hydrogens is 650 g/mol. The van der Waals surface area contributed by atoms with Gasteiger partial charge in [-0.3, -0.25) is 14.5 Å². The summed E-state index contributed by atoms with van der Waals surface area (Å²) in [5.74, 6) is -0.373. The number of Topliss-reactive ketones (excluding diaryl/α,β-unsaturated/α-hetero) is 1. The van der Waals surface area contributed by atoms with Gasteiger partial charge in [0.15, 0.2) is 15.8 Å². The topological polar surface area (TPSA) is 102 Å². The number of aliphatic hydroxyl groups excluding tert-OH is 1. The second kappa shape index (κ2) is 12.6. The van der Waals surface area contributed by atoms with Crippen molar-refractivity contribution in [3.05, 3.63) is 98.5 Å². The van der Waals surface area contributed by atoms with Crippen LogP contribution in [0.1, 0.15) is 29.7 Å². The van der Waals surface area contributed by atoms with Crippen molar-refractivity contribution in [1.82, 2.24) is 10.2 Å². The molecule has 4 aromatic rings. The number of rotatable bonds is 9. The van der Waals surface area contributed by atoms with Crippen LogP contribution in [-0.2, 0) is 15.3 Å². The minimum absolute atomic E-state index is 0.0610. The zero-order valence-corrected chi connectivity index (χ0v) is 25.8. The Kier molecular flexibility index (Phi) is 8.98. The van der Waals surface area contributed by atoms with Gasteiger partial charge in [-0.2, -0.15) is 0 Å². The maximum atomic E-state index is 13.5. The van der Waals surface area contributed by atoms with E-state index in [0.29, 0.717) is 44.3 Å². The molecule has 0 radical (unpaired) electrons. The summed E-state index contributed by atoms with van der Waals surface area (Å²) >= 11 is 12.0. The van der Waals surface area contributed by atoms with E-state index in [1.165, 1.54) is 35.1 Å². The molecule has 12 heteroatoms. The van der Waals surface area contributed by atoms with Gasteiger partial charge in [-0.05, 0) is 54.4 Å². The highest BCUT2D eigenvalue weighted by atomic mass is 79.9. The number of ether oxygens (including phenoxy) is 2. The molecule has 3 aromatic carbocycles. The third-order valence-electron chi connectivity index (χ3n) is 6.24. The van der Waals surface area contributed by atoms with E-state index in [0.717, 1.165) is 10.0 Å². The normalized spacial score (nSPS) is 16.3. The van der Waals surface area contributed by atoms with Gasteiger partial charge in [0.25, 0.3) is 5.78 Å². The first-order chi connectivity index (χ1) is 19.8. The molecule has 1 aliphatic rings. The first-order valence-electron chi connectivity index (χ1n) is 12.4. The average molecular weight is 673 g/mol. The number of aromatic nitrogens is 2. The number of ketones is 1. The van der Waals surface area contributed by atoms with E-state index in [2.05, 4.69) is 26.1 Å². The van der Waals surface area contributed by atoms with Crippen molar-refractivity contribution in [2.24, 2.45) is 0 Å². The summed E-state index contributed by atoms with van der Waals surface area (Å²) in [6, 6.07) is 18.5. The van der Waals surface area contributed by atoms with E-state index < -0.39 is 17.7 Å². The maximum absolute atomic E-state index is 13.5. The molecule has 1 atom stereocenters. The zero-order valence-electron chi connectivity index (χ0n) is 21.8. The Bertz CT molecular complexity index is 1630. The van der Waals surface area contributed by atoms with Crippen molar-refractivity contribution in [3.63, 3.8) is 0 Å². The van der Waals surface area contributed by atoms with E-state index in [-0.39, 0.29) is 16.5 Å². The highest BCUT2D eigenvalue weighted by Crippen LogP contribution is 2.45. The molecule has 1 saturated heterocycles. The van der Waals surface area contributed by atoms with Crippen LogP contribution in [-0.4, -0.2) is 40.7 Å². The third kappa shape index (κ3) is 6.13. The number of aliphatic hydroxyl groups is 1. The van der Waals surface area contributed by atoms with Gasteiger partial charge in [0.1, 0.15) is 5.76 Å². The molecule has 0 aliphatic carbocycles. The first-order valence-corrected chi connectivity index (χ1v) is 15.4. The molecule has 2 heterocycles. The lowest BCUT2D eigenvalue weighted by Crippen LogP contribution is -2.29. The lowest BCUT2D eigenvalue weighted by molar-refractivity contribution is -0.132. The lowest BCUT2D eigenvalue weighted by atomic mass is 9.95. The number of thioether (sulfide) groups is 1. The standard InChI is InChI=1S/C29H23BrClN3O5S2/c1-3-39-21-13-8-18(14-22(21)38-2)24-23(25(35)17-6-9-19(30)10-7-17)26(36)27(37)34(24)28-32-33-29(41-28)40-15-16-4-11-20(31)12-5-16/h4-14,24,35H,3,15H2,1-2H3/b25-23-. The van der Waals surface area contributed by atoms with Crippen molar-refractivity contribution in [3.8, 4) is 11.5 Å². The highest BCUT2D eigenvalue weighted by molar-refractivity contribution is 9.10. The molecule has 5 rings (SSSR count). The molecule has 0 spiro atoms. The van der Waals surface area contributed by atoms with E-state index in [1.807, 2.05) is 31.2 Å². The molecule has 210 valence electrons. The van der Waals surface area contributed by atoms with Crippen molar-refractivity contribution in [2.75, 3.05) is 18.6 Å². The van der Waals surface area contributed by atoms with Gasteiger partial charge in [-0.15, -0.1) is 10.2 Å². The second-order valence-electron chi connectivity index (χ2n) is 8.78. The van der Waals surface area contributed by atoms with E-state index in [9.17, 15) is 14.7 Å². The molecule has 8 nitrogen and oxygen atoms in total. The van der Waals surface area contributed by atoms with Crippen LogP contribution in [0.3, 0.4) is 0 Å². The summed E-state index contributed by atoms with van der Waals surface area (Å²) in [6.07, 6.45) is 0. The second-order valence-corrected chi connectivity index (χ2v) is 12.3. The van der Waals surface area contributed by atoms with Crippen molar-refractivity contribution in [1.29, 1.82) is 0 Å². The molecule has 1 fully saturated rings. The lowest BCUT2D eigenvalue weighted by Gasteiger charge is -2.23. The molecule has 1 unspecified atom stereocenters. The van der Waals surface area contributed by atoms with Crippen LogP contribution in [0.5, 0.6) is 11.5 Å². The number of hydrogen-bond acceptors (Lipinski definition) is 9. The predicted molar refractivity (Wildman–Crippen MR) is 164 cm³/mol. The number of hydrogen-bond donors (Lipinski definition) is 1. The van der Waals surface area contributed by atoms with Crippen LogP contribution in [0.15, 0.2) is 81.1 Å². The highest BCUT2D eigenvalue weighted by Gasteiger charge is 2.48. The Hall–Kier alpha value is -3.38. The van der Waals surface area contributed by atoms with Crippen LogP contribution in [0.25, 0.3) is 5.76 Å². The minimum Gasteiger partial charge on any atom is -0.507 e. The third-order valence-corrected chi connectivity index (χ3v) is 9.15. The average Bonchev–Trinajstić information content (AvgIpc) is 3.55. The maximum Gasteiger partial charge on any atom is 0.301 e. The van der Waals surface area contributed by atoms with Gasteiger partial charge >= 0.3 is 5.91 Å². The Labute approximate surface area is 258 Å². The summed E-state index contributed by atoms with van der Waals surface area (Å²) in [6.45, 7) is 2.29. The molecule has 1 aromatic heterocycles. The first kappa shape index (κ1) is 29.1. The number of benzene rings is 3. The van der Waals surface area contributed by atoms with Crippen LogP contribution >= 0.6 is 50.6 Å². The number of carbonyl (C=O) groups excluding carboxylic acids is 2. The molecule has 0 bridgehead atoms. The van der Waals surface area contributed by atoms with Crippen LogP contribution in [0, 0.1) is 0 Å². The minimum atomic E-state index is -0.981. The van der Waals surface area contributed by atoms with Gasteiger partial charge in [0, 0.05) is 20.8 Å². The van der Waals surface area contributed by atoms with E-state index in [4.69, 9.17) is 21.1 Å². The molecular formula is C29H23BrClN3O5S2. The Morgan fingerprint density at radius 1 is 1.07 bits per heavy atom. The summed E-state index contributed by atoms with van der Waals surface area (Å²) < 4.78 is 12.6. The predicted octanol–water partition coefficient (Wildman–Crippen LogP) is 7.28. The fourth-order valence-electron chi connectivity index (χ4n) is 4.32.